The molecule has 4 aromatic carbocycles. The smallest absolute Gasteiger partial charge is 0.338 e. The van der Waals surface area contributed by atoms with E-state index in [4.69, 9.17) is 28.4 Å². The molecule has 1 N–H and O–H groups in total. The lowest BCUT2D eigenvalue weighted by atomic mass is 9.99. The fourth-order valence-corrected chi connectivity index (χ4v) is 8.88. The zero-order chi connectivity index (χ0) is 48.9. The average Bonchev–Trinajstić information content (AvgIpc) is 3.36. The van der Waals surface area contributed by atoms with Crippen molar-refractivity contribution in [2.24, 2.45) is 0 Å². The third-order valence-corrected chi connectivity index (χ3v) is 12.8. The molecular weight excluding hydrogens is 865 g/mol. The minimum Gasteiger partial charge on any atom is -0.494 e. The number of aliphatic hydroxyl groups is 1. The Labute approximate surface area is 414 Å². The summed E-state index contributed by atoms with van der Waals surface area (Å²) in [6.45, 7) is 9.84. The summed E-state index contributed by atoms with van der Waals surface area (Å²) in [6, 6.07) is 31.3. The minimum atomic E-state index is -0.386. The van der Waals surface area contributed by atoms with Crippen LogP contribution >= 0.6 is 0 Å². The van der Waals surface area contributed by atoms with Gasteiger partial charge in [-0.25, -0.2) is 9.59 Å². The van der Waals surface area contributed by atoms with E-state index in [1.54, 1.807) is 24.3 Å². The van der Waals surface area contributed by atoms with Gasteiger partial charge in [0.25, 0.3) is 0 Å². The molecule has 4 aromatic rings. The second-order valence-corrected chi connectivity index (χ2v) is 18.5. The highest BCUT2D eigenvalue weighted by atomic mass is 16.7. The van der Waals surface area contributed by atoms with Gasteiger partial charge in [0, 0.05) is 6.42 Å². The number of carbonyl (C=O) groups is 2. The largest absolute Gasteiger partial charge is 0.494 e. The van der Waals surface area contributed by atoms with Crippen molar-refractivity contribution in [1.29, 1.82) is 0 Å². The first-order valence-corrected chi connectivity index (χ1v) is 26.4. The van der Waals surface area contributed by atoms with Gasteiger partial charge < -0.3 is 33.5 Å². The summed E-state index contributed by atoms with van der Waals surface area (Å²) in [4.78, 5) is 23.9. The maximum Gasteiger partial charge on any atom is 0.338 e. The van der Waals surface area contributed by atoms with Crippen molar-refractivity contribution >= 4 is 11.9 Å². The predicted molar refractivity (Wildman–Crippen MR) is 278 cm³/mol. The Morgan fingerprint density at radius 2 is 0.942 bits per heavy atom. The van der Waals surface area contributed by atoms with Crippen molar-refractivity contribution in [2.45, 2.75) is 181 Å². The zero-order valence-corrected chi connectivity index (χ0v) is 42.3. The van der Waals surface area contributed by atoms with Crippen LogP contribution in [0, 0.1) is 0 Å². The summed E-state index contributed by atoms with van der Waals surface area (Å²) in [6.07, 6.45) is 24.3. The molecule has 1 heterocycles. The molecule has 0 aromatic heterocycles. The van der Waals surface area contributed by atoms with Crippen LogP contribution < -0.4 is 9.47 Å². The number of aliphatic hydroxyl groups excluding tert-OH is 1. The Hall–Kier alpha value is -4.96. The molecule has 9 nitrogen and oxygen atoms in total. The Kier molecular flexibility index (Phi) is 25.5. The average molecular weight is 947 g/mol. The molecule has 1 aliphatic heterocycles. The molecule has 5 rings (SSSR count). The molecule has 0 aliphatic carbocycles. The van der Waals surface area contributed by atoms with Crippen molar-refractivity contribution in [2.75, 3.05) is 26.4 Å². The summed E-state index contributed by atoms with van der Waals surface area (Å²) >= 11 is 0. The van der Waals surface area contributed by atoms with Gasteiger partial charge in [0.1, 0.15) is 11.5 Å². The summed E-state index contributed by atoms with van der Waals surface area (Å²) in [5.41, 5.74) is 6.68. The van der Waals surface area contributed by atoms with Gasteiger partial charge in [-0.2, -0.15) is 0 Å². The van der Waals surface area contributed by atoms with Crippen LogP contribution in [0.4, 0.5) is 0 Å². The second kappa shape index (κ2) is 32.0. The van der Waals surface area contributed by atoms with Gasteiger partial charge in [-0.15, -0.1) is 0 Å². The number of carbonyl (C=O) groups excluding carboxylic acids is 2. The Bertz CT molecular complexity index is 2040. The van der Waals surface area contributed by atoms with Crippen molar-refractivity contribution in [1.82, 2.24) is 0 Å². The van der Waals surface area contributed by atoms with E-state index in [1.165, 1.54) is 76.2 Å². The third-order valence-electron chi connectivity index (χ3n) is 12.8. The second-order valence-electron chi connectivity index (χ2n) is 18.5. The predicted octanol–water partition coefficient (Wildman–Crippen LogP) is 15.1. The van der Waals surface area contributed by atoms with E-state index >= 15 is 0 Å². The van der Waals surface area contributed by atoms with E-state index in [2.05, 4.69) is 37.3 Å². The van der Waals surface area contributed by atoms with Crippen molar-refractivity contribution in [3.05, 3.63) is 120 Å². The molecule has 4 atom stereocenters. The third kappa shape index (κ3) is 20.5. The van der Waals surface area contributed by atoms with Crippen LogP contribution in [0.15, 0.2) is 109 Å². The SMILES string of the molecule is CCOC(=O)c1ccc(-c2ccc(OCCCCCCCCCC/C=C(\CCCCCCCCCOc3ccc(-c4ccc(C(=O)OCC)cc4)cc3)C3OC(CC)CC(CC(C)O)O3)cc2)cc1. The van der Waals surface area contributed by atoms with Crippen molar-refractivity contribution < 1.29 is 43.1 Å². The molecule has 69 heavy (non-hydrogen) atoms. The van der Waals surface area contributed by atoms with E-state index in [9.17, 15) is 14.7 Å². The van der Waals surface area contributed by atoms with E-state index in [0.29, 0.717) is 37.4 Å². The van der Waals surface area contributed by atoms with E-state index in [-0.39, 0.29) is 36.5 Å². The van der Waals surface area contributed by atoms with Gasteiger partial charge in [-0.1, -0.05) is 132 Å². The van der Waals surface area contributed by atoms with Crippen LogP contribution in [-0.2, 0) is 18.9 Å². The first-order chi connectivity index (χ1) is 33.8. The number of allylic oxidation sites excluding steroid dienone is 1. The van der Waals surface area contributed by atoms with Crippen LogP contribution in [0.1, 0.15) is 177 Å². The molecule has 0 spiro atoms. The Morgan fingerprint density at radius 1 is 0.551 bits per heavy atom. The van der Waals surface area contributed by atoms with E-state index in [1.807, 2.05) is 69.3 Å². The zero-order valence-electron chi connectivity index (χ0n) is 42.3. The molecule has 0 amide bonds. The molecule has 1 saturated heterocycles. The lowest BCUT2D eigenvalue weighted by Gasteiger charge is -2.37. The number of unbranched alkanes of at least 4 members (excludes halogenated alkanes) is 14. The van der Waals surface area contributed by atoms with Crippen LogP contribution in [-0.4, -0.2) is 68.1 Å². The molecule has 376 valence electrons. The fourth-order valence-electron chi connectivity index (χ4n) is 8.88. The highest BCUT2D eigenvalue weighted by Crippen LogP contribution is 2.31. The molecular formula is C60H82O9. The molecule has 1 fully saturated rings. The fraction of sp³-hybridized carbons (Fsp3) is 0.533. The summed E-state index contributed by atoms with van der Waals surface area (Å²) in [5.74, 6) is 1.17. The van der Waals surface area contributed by atoms with Gasteiger partial charge in [0.05, 0.1) is 55.9 Å². The number of hydrogen-bond acceptors (Lipinski definition) is 9. The molecule has 0 bridgehead atoms. The highest BCUT2D eigenvalue weighted by molar-refractivity contribution is 5.90. The van der Waals surface area contributed by atoms with Gasteiger partial charge in [0.15, 0.2) is 6.29 Å². The number of rotatable bonds is 33. The normalized spacial score (nSPS) is 16.5. The summed E-state index contributed by atoms with van der Waals surface area (Å²) in [5, 5.41) is 10.2. The van der Waals surface area contributed by atoms with Crippen LogP contribution in [0.25, 0.3) is 22.3 Å². The van der Waals surface area contributed by atoms with Crippen LogP contribution in [0.2, 0.25) is 0 Å². The molecule has 9 heteroatoms. The number of esters is 2. The van der Waals surface area contributed by atoms with Crippen LogP contribution in [0.5, 0.6) is 11.5 Å². The molecule has 1 aliphatic rings. The van der Waals surface area contributed by atoms with E-state index < -0.39 is 0 Å². The Balaban J connectivity index is 0.921. The topological polar surface area (TPSA) is 110 Å². The molecule has 0 radical (unpaired) electrons. The van der Waals surface area contributed by atoms with Gasteiger partial charge in [0.2, 0.25) is 0 Å². The van der Waals surface area contributed by atoms with Crippen LogP contribution in [0.3, 0.4) is 0 Å². The molecule has 4 unspecified atom stereocenters. The summed E-state index contributed by atoms with van der Waals surface area (Å²) in [7, 11) is 0. The number of ether oxygens (including phenoxy) is 6. The van der Waals surface area contributed by atoms with Gasteiger partial charge >= 0.3 is 11.9 Å². The highest BCUT2D eigenvalue weighted by Gasteiger charge is 2.31. The monoisotopic (exact) mass is 947 g/mol. The number of benzene rings is 4. The minimum absolute atomic E-state index is 0.0261. The lowest BCUT2D eigenvalue weighted by Crippen LogP contribution is -2.40. The standard InChI is InChI=1S/C60H82O9/c1-5-54-45-57(44-46(4)61)69-60(68-54)53(25-21-17-13-11-15-19-23-43-67-56-40-36-50(37-41-56)48-28-32-52(33-29-48)59(63)65-7-3)24-20-16-12-9-8-10-14-18-22-42-66-55-38-34-49(35-39-55)47-26-30-51(31-27-47)58(62)64-6-2/h24,26-41,46,54,57,60-61H,5-23,25,42-45H2,1-4H3/b53-24+. The molecule has 0 saturated carbocycles. The quantitative estimate of drug-likeness (QED) is 0.0284. The lowest BCUT2D eigenvalue weighted by molar-refractivity contribution is -0.230. The van der Waals surface area contributed by atoms with Crippen molar-refractivity contribution in [3.63, 3.8) is 0 Å². The van der Waals surface area contributed by atoms with Gasteiger partial charge in [-0.05, 0) is 148 Å². The first-order valence-electron chi connectivity index (χ1n) is 26.4. The Morgan fingerprint density at radius 3 is 1.36 bits per heavy atom. The van der Waals surface area contributed by atoms with Crippen molar-refractivity contribution in [3.8, 4) is 33.8 Å². The summed E-state index contributed by atoms with van der Waals surface area (Å²) < 4.78 is 35.3. The maximum atomic E-state index is 12.0. The van der Waals surface area contributed by atoms with Gasteiger partial charge in [-0.3, -0.25) is 0 Å². The first kappa shape index (κ1) is 55.0. The number of hydrogen-bond donors (Lipinski definition) is 1. The van der Waals surface area contributed by atoms with E-state index in [0.717, 1.165) is 91.7 Å². The maximum absolute atomic E-state index is 12.0.